The van der Waals surface area contributed by atoms with Crippen LogP contribution in [0.1, 0.15) is 5.56 Å². The smallest absolute Gasteiger partial charge is 0.242 e. The molecule has 2 aromatic carbocycles. The minimum absolute atomic E-state index is 0.275. The minimum atomic E-state index is -3.45. The molecule has 0 amide bonds. The van der Waals surface area contributed by atoms with E-state index in [-0.39, 0.29) is 4.90 Å². The summed E-state index contributed by atoms with van der Waals surface area (Å²) in [5, 5.41) is 9.45. The second-order valence-corrected chi connectivity index (χ2v) is 9.22. The predicted octanol–water partition coefficient (Wildman–Crippen LogP) is 3.46. The molecule has 26 heavy (non-hydrogen) atoms. The molecule has 0 spiro atoms. The Morgan fingerprint density at radius 2 is 1.92 bits per heavy atom. The SMILES string of the molecule is CN(C)S(=O)(=O)c1cccc(CSc2nncn2-c2cccc(Cl)c2)c1. The Balaban J connectivity index is 1.80. The van der Waals surface area contributed by atoms with Gasteiger partial charge in [0.1, 0.15) is 6.33 Å². The molecular formula is C17H17ClN4O2S2. The molecule has 0 radical (unpaired) electrons. The molecule has 3 rings (SSSR count). The minimum Gasteiger partial charge on any atom is -0.277 e. The molecule has 0 N–H and O–H groups in total. The summed E-state index contributed by atoms with van der Waals surface area (Å²) in [6.07, 6.45) is 1.63. The van der Waals surface area contributed by atoms with Crippen LogP contribution in [-0.2, 0) is 15.8 Å². The van der Waals surface area contributed by atoms with Gasteiger partial charge in [-0.15, -0.1) is 10.2 Å². The zero-order valence-electron chi connectivity index (χ0n) is 14.2. The third-order valence-electron chi connectivity index (χ3n) is 3.65. The highest BCUT2D eigenvalue weighted by Crippen LogP contribution is 2.26. The number of rotatable bonds is 6. The third-order valence-corrected chi connectivity index (χ3v) is 6.71. The van der Waals surface area contributed by atoms with Gasteiger partial charge in [0.05, 0.1) is 10.6 Å². The molecule has 9 heteroatoms. The molecule has 0 saturated carbocycles. The second-order valence-electron chi connectivity index (χ2n) is 5.69. The maximum Gasteiger partial charge on any atom is 0.242 e. The number of thioether (sulfide) groups is 1. The largest absolute Gasteiger partial charge is 0.277 e. The molecule has 0 aliphatic rings. The number of hydrogen-bond donors (Lipinski definition) is 0. The van der Waals surface area contributed by atoms with Crippen LogP contribution in [0.25, 0.3) is 5.69 Å². The highest BCUT2D eigenvalue weighted by molar-refractivity contribution is 7.98. The summed E-state index contributed by atoms with van der Waals surface area (Å²) in [5.41, 5.74) is 1.76. The van der Waals surface area contributed by atoms with E-state index in [1.807, 2.05) is 28.8 Å². The Morgan fingerprint density at radius 1 is 1.15 bits per heavy atom. The Labute approximate surface area is 161 Å². The maximum absolute atomic E-state index is 12.3. The first-order chi connectivity index (χ1) is 12.4. The van der Waals surface area contributed by atoms with Gasteiger partial charge in [-0.05, 0) is 35.9 Å². The van der Waals surface area contributed by atoms with Crippen LogP contribution in [-0.4, -0.2) is 41.6 Å². The van der Waals surface area contributed by atoms with Crippen molar-refractivity contribution in [2.75, 3.05) is 14.1 Å². The van der Waals surface area contributed by atoms with Gasteiger partial charge in [0, 0.05) is 24.9 Å². The molecule has 136 valence electrons. The fourth-order valence-corrected chi connectivity index (χ4v) is 4.31. The lowest BCUT2D eigenvalue weighted by Gasteiger charge is -2.12. The summed E-state index contributed by atoms with van der Waals surface area (Å²) in [4.78, 5) is 0.275. The summed E-state index contributed by atoms with van der Waals surface area (Å²) in [7, 11) is -0.415. The van der Waals surface area contributed by atoms with Crippen molar-refractivity contribution in [3.63, 3.8) is 0 Å². The van der Waals surface area contributed by atoms with E-state index in [1.165, 1.54) is 30.2 Å². The first-order valence-electron chi connectivity index (χ1n) is 7.68. The Bertz CT molecular complexity index is 1020. The van der Waals surface area contributed by atoms with Gasteiger partial charge in [0.2, 0.25) is 10.0 Å². The first kappa shape index (κ1) is 18.9. The first-order valence-corrected chi connectivity index (χ1v) is 10.5. The quantitative estimate of drug-likeness (QED) is 0.584. The fourth-order valence-electron chi connectivity index (χ4n) is 2.28. The van der Waals surface area contributed by atoms with Crippen LogP contribution in [0.2, 0.25) is 5.02 Å². The lowest BCUT2D eigenvalue weighted by Crippen LogP contribution is -2.22. The molecule has 0 bridgehead atoms. The number of hydrogen-bond acceptors (Lipinski definition) is 5. The Hall–Kier alpha value is -1.87. The molecule has 1 heterocycles. The molecular weight excluding hydrogens is 392 g/mol. The second kappa shape index (κ2) is 7.79. The van der Waals surface area contributed by atoms with Gasteiger partial charge in [-0.25, -0.2) is 12.7 Å². The molecule has 3 aromatic rings. The van der Waals surface area contributed by atoms with Crippen LogP contribution >= 0.6 is 23.4 Å². The van der Waals surface area contributed by atoms with Crippen molar-refractivity contribution in [3.8, 4) is 5.69 Å². The maximum atomic E-state index is 12.3. The number of nitrogens with zero attached hydrogens (tertiary/aromatic N) is 4. The van der Waals surface area contributed by atoms with Crippen molar-refractivity contribution in [3.05, 3.63) is 65.4 Å². The summed E-state index contributed by atoms with van der Waals surface area (Å²) < 4.78 is 27.6. The van der Waals surface area contributed by atoms with Crippen LogP contribution in [0.15, 0.2) is 64.9 Å². The number of aromatic nitrogens is 3. The van der Waals surface area contributed by atoms with Crippen LogP contribution in [0, 0.1) is 0 Å². The van der Waals surface area contributed by atoms with Crippen LogP contribution in [0.4, 0.5) is 0 Å². The highest BCUT2D eigenvalue weighted by Gasteiger charge is 2.17. The summed E-state index contributed by atoms with van der Waals surface area (Å²) >= 11 is 7.52. The van der Waals surface area contributed by atoms with Gasteiger partial charge in [-0.1, -0.05) is 41.6 Å². The fraction of sp³-hybridized carbons (Fsp3) is 0.176. The van der Waals surface area contributed by atoms with Crippen molar-refractivity contribution in [2.45, 2.75) is 15.8 Å². The Kier molecular flexibility index (Phi) is 5.67. The van der Waals surface area contributed by atoms with Crippen molar-refractivity contribution >= 4 is 33.4 Å². The molecule has 1 aromatic heterocycles. The van der Waals surface area contributed by atoms with Gasteiger partial charge in [-0.3, -0.25) is 4.57 Å². The van der Waals surface area contributed by atoms with E-state index >= 15 is 0 Å². The molecule has 0 unspecified atom stereocenters. The van der Waals surface area contributed by atoms with Gasteiger partial charge < -0.3 is 0 Å². The van der Waals surface area contributed by atoms with Crippen molar-refractivity contribution in [2.24, 2.45) is 0 Å². The molecule has 0 aliphatic heterocycles. The lowest BCUT2D eigenvalue weighted by atomic mass is 10.2. The number of halogens is 1. The van der Waals surface area contributed by atoms with Gasteiger partial charge >= 0.3 is 0 Å². The average Bonchev–Trinajstić information content (AvgIpc) is 3.08. The number of sulfonamides is 1. The van der Waals surface area contributed by atoms with Crippen molar-refractivity contribution < 1.29 is 8.42 Å². The van der Waals surface area contributed by atoms with Gasteiger partial charge in [0.25, 0.3) is 0 Å². The topological polar surface area (TPSA) is 68.1 Å². The molecule has 0 saturated heterocycles. The normalized spacial score (nSPS) is 11.8. The van der Waals surface area contributed by atoms with Crippen LogP contribution in [0.3, 0.4) is 0 Å². The van der Waals surface area contributed by atoms with Crippen molar-refractivity contribution in [1.82, 2.24) is 19.1 Å². The summed E-state index contributed by atoms with van der Waals surface area (Å²) in [6.45, 7) is 0. The molecule has 0 atom stereocenters. The van der Waals surface area contributed by atoms with E-state index in [9.17, 15) is 8.42 Å². The van der Waals surface area contributed by atoms with E-state index < -0.39 is 10.0 Å². The third kappa shape index (κ3) is 4.09. The van der Waals surface area contributed by atoms with Gasteiger partial charge in [-0.2, -0.15) is 0 Å². The standard InChI is InChI=1S/C17H17ClN4O2S2/c1-21(2)26(23,24)16-8-3-5-13(9-16)11-25-17-20-19-12-22(17)15-7-4-6-14(18)10-15/h3-10,12H,11H2,1-2H3. The Morgan fingerprint density at radius 3 is 2.65 bits per heavy atom. The van der Waals surface area contributed by atoms with Crippen LogP contribution < -0.4 is 0 Å². The zero-order chi connectivity index (χ0) is 18.7. The molecule has 0 fully saturated rings. The summed E-state index contributed by atoms with van der Waals surface area (Å²) in [5.74, 6) is 0.566. The van der Waals surface area contributed by atoms with E-state index in [0.717, 1.165) is 11.3 Å². The predicted molar refractivity (Wildman–Crippen MR) is 103 cm³/mol. The van der Waals surface area contributed by atoms with Crippen LogP contribution in [0.5, 0.6) is 0 Å². The van der Waals surface area contributed by atoms with Gasteiger partial charge in [0.15, 0.2) is 5.16 Å². The van der Waals surface area contributed by atoms with E-state index in [1.54, 1.807) is 30.6 Å². The highest BCUT2D eigenvalue weighted by atomic mass is 35.5. The number of benzene rings is 2. The lowest BCUT2D eigenvalue weighted by molar-refractivity contribution is 0.520. The van der Waals surface area contributed by atoms with E-state index in [4.69, 9.17) is 11.6 Å². The molecule has 6 nitrogen and oxygen atoms in total. The van der Waals surface area contributed by atoms with E-state index in [2.05, 4.69) is 10.2 Å². The molecule has 0 aliphatic carbocycles. The van der Waals surface area contributed by atoms with Crippen molar-refractivity contribution in [1.29, 1.82) is 0 Å². The summed E-state index contributed by atoms with van der Waals surface area (Å²) in [6, 6.07) is 14.3. The monoisotopic (exact) mass is 408 g/mol. The average molecular weight is 409 g/mol. The van der Waals surface area contributed by atoms with E-state index in [0.29, 0.717) is 15.9 Å². The zero-order valence-corrected chi connectivity index (χ0v) is 16.6.